The Morgan fingerprint density at radius 1 is 1.25 bits per heavy atom. The summed E-state index contributed by atoms with van der Waals surface area (Å²) < 4.78 is 28.0. The normalized spacial score (nSPS) is 17.6. The predicted octanol–water partition coefficient (Wildman–Crippen LogP) is 1.94. The lowest BCUT2D eigenvalue weighted by molar-refractivity contribution is 0.0683. The fourth-order valence-electron chi connectivity index (χ4n) is 2.45. The predicted molar refractivity (Wildman–Crippen MR) is 74.4 cm³/mol. The summed E-state index contributed by atoms with van der Waals surface area (Å²) in [6.07, 6.45) is 4.18. The Kier molecular flexibility index (Phi) is 4.19. The molecular formula is C13H20N2O4S. The molecule has 6 nitrogen and oxygen atoms in total. The summed E-state index contributed by atoms with van der Waals surface area (Å²) >= 11 is 0. The van der Waals surface area contributed by atoms with Crippen molar-refractivity contribution in [2.24, 2.45) is 0 Å². The number of rotatable bonds is 4. The second-order valence-corrected chi connectivity index (χ2v) is 7.27. The van der Waals surface area contributed by atoms with Crippen LogP contribution in [-0.2, 0) is 10.0 Å². The third-order valence-electron chi connectivity index (χ3n) is 3.55. The van der Waals surface area contributed by atoms with Crippen LogP contribution in [0.4, 0.5) is 0 Å². The van der Waals surface area contributed by atoms with E-state index in [0.717, 1.165) is 19.3 Å². The maximum absolute atomic E-state index is 12.5. The minimum Gasteiger partial charge on any atom is -0.477 e. The molecule has 20 heavy (non-hydrogen) atoms. The van der Waals surface area contributed by atoms with E-state index in [-0.39, 0.29) is 16.6 Å². The van der Waals surface area contributed by atoms with E-state index >= 15 is 0 Å². The van der Waals surface area contributed by atoms with Crippen LogP contribution in [0.15, 0.2) is 17.2 Å². The summed E-state index contributed by atoms with van der Waals surface area (Å²) in [7, 11) is -3.58. The highest BCUT2D eigenvalue weighted by Gasteiger charge is 2.29. The monoisotopic (exact) mass is 300 g/mol. The molecular weight excluding hydrogens is 280 g/mol. The molecule has 0 radical (unpaired) electrons. The van der Waals surface area contributed by atoms with Gasteiger partial charge in [-0.05, 0) is 32.8 Å². The molecule has 0 unspecified atom stereocenters. The standard InChI is InChI=1S/C13H20N2O4S/c1-10(2)15-9-11(8-12(15)13(16)17)20(18,19)14-6-4-3-5-7-14/h8-10H,3-7H2,1-2H3,(H,16,17). The van der Waals surface area contributed by atoms with Crippen LogP contribution in [0.2, 0.25) is 0 Å². The molecule has 1 aliphatic heterocycles. The molecule has 0 saturated carbocycles. The lowest BCUT2D eigenvalue weighted by Gasteiger charge is -2.25. The summed E-state index contributed by atoms with van der Waals surface area (Å²) in [6.45, 7) is 4.67. The first-order valence-electron chi connectivity index (χ1n) is 6.79. The largest absolute Gasteiger partial charge is 0.477 e. The highest BCUT2D eigenvalue weighted by Crippen LogP contribution is 2.24. The molecule has 1 aromatic heterocycles. The van der Waals surface area contributed by atoms with Gasteiger partial charge in [-0.3, -0.25) is 0 Å². The Labute approximate surface area is 119 Å². The maximum Gasteiger partial charge on any atom is 0.352 e. The van der Waals surface area contributed by atoms with Gasteiger partial charge in [0.25, 0.3) is 0 Å². The second kappa shape index (κ2) is 5.57. The molecule has 1 aliphatic rings. The van der Waals surface area contributed by atoms with Crippen LogP contribution in [0.5, 0.6) is 0 Å². The van der Waals surface area contributed by atoms with Gasteiger partial charge < -0.3 is 9.67 Å². The molecule has 1 N–H and O–H groups in total. The topological polar surface area (TPSA) is 79.6 Å². The number of sulfonamides is 1. The van der Waals surface area contributed by atoms with Crippen LogP contribution in [-0.4, -0.2) is 41.5 Å². The van der Waals surface area contributed by atoms with Gasteiger partial charge in [0.15, 0.2) is 0 Å². The van der Waals surface area contributed by atoms with E-state index in [1.807, 2.05) is 13.8 Å². The first kappa shape index (κ1) is 15.1. The number of carboxylic acid groups (broad SMARTS) is 1. The quantitative estimate of drug-likeness (QED) is 0.921. The minimum absolute atomic E-state index is 0.00980. The number of hydrogen-bond acceptors (Lipinski definition) is 3. The van der Waals surface area contributed by atoms with Gasteiger partial charge in [0.1, 0.15) is 10.6 Å². The van der Waals surface area contributed by atoms with E-state index < -0.39 is 16.0 Å². The van der Waals surface area contributed by atoms with Crippen molar-refractivity contribution in [2.45, 2.75) is 44.0 Å². The number of carbonyl (C=O) groups is 1. The Morgan fingerprint density at radius 2 is 1.85 bits per heavy atom. The molecule has 2 rings (SSSR count). The summed E-state index contributed by atoms with van der Waals surface area (Å²) in [5.74, 6) is -1.11. The van der Waals surface area contributed by atoms with Gasteiger partial charge in [-0.15, -0.1) is 0 Å². The van der Waals surface area contributed by atoms with E-state index in [2.05, 4.69) is 0 Å². The summed E-state index contributed by atoms with van der Waals surface area (Å²) in [4.78, 5) is 11.3. The van der Waals surface area contributed by atoms with Gasteiger partial charge >= 0.3 is 5.97 Å². The van der Waals surface area contributed by atoms with Crippen molar-refractivity contribution in [1.82, 2.24) is 8.87 Å². The fraction of sp³-hybridized carbons (Fsp3) is 0.615. The number of aromatic nitrogens is 1. The molecule has 7 heteroatoms. The summed E-state index contributed by atoms with van der Waals surface area (Å²) in [6, 6.07) is 1.15. The number of aromatic carboxylic acids is 1. The molecule has 0 bridgehead atoms. The Balaban J connectivity index is 2.41. The second-order valence-electron chi connectivity index (χ2n) is 5.33. The molecule has 0 aromatic carbocycles. The summed E-state index contributed by atoms with van der Waals surface area (Å²) in [5.41, 5.74) is 0.00980. The van der Waals surface area contributed by atoms with Gasteiger partial charge in [-0.2, -0.15) is 4.31 Å². The average molecular weight is 300 g/mol. The van der Waals surface area contributed by atoms with Crippen LogP contribution in [0, 0.1) is 0 Å². The van der Waals surface area contributed by atoms with Crippen molar-refractivity contribution in [3.63, 3.8) is 0 Å². The molecule has 0 amide bonds. The van der Waals surface area contributed by atoms with Crippen molar-refractivity contribution in [1.29, 1.82) is 0 Å². The first-order valence-corrected chi connectivity index (χ1v) is 8.23. The molecule has 112 valence electrons. The van der Waals surface area contributed by atoms with Gasteiger partial charge in [0, 0.05) is 25.3 Å². The smallest absolute Gasteiger partial charge is 0.352 e. The van der Waals surface area contributed by atoms with E-state index in [9.17, 15) is 18.3 Å². The van der Waals surface area contributed by atoms with Crippen molar-refractivity contribution in [3.05, 3.63) is 18.0 Å². The zero-order valence-electron chi connectivity index (χ0n) is 11.7. The minimum atomic E-state index is -3.58. The van der Waals surface area contributed by atoms with E-state index in [4.69, 9.17) is 0 Å². The number of carboxylic acids is 1. The molecule has 0 spiro atoms. The molecule has 2 heterocycles. The zero-order valence-corrected chi connectivity index (χ0v) is 12.6. The number of hydrogen-bond donors (Lipinski definition) is 1. The number of piperidine rings is 1. The van der Waals surface area contributed by atoms with E-state index in [1.165, 1.54) is 21.1 Å². The maximum atomic E-state index is 12.5. The van der Waals surface area contributed by atoms with E-state index in [0.29, 0.717) is 13.1 Å². The molecule has 1 fully saturated rings. The molecule has 0 aliphatic carbocycles. The first-order chi connectivity index (χ1) is 9.34. The van der Waals surface area contributed by atoms with Crippen molar-refractivity contribution in [3.8, 4) is 0 Å². The van der Waals surface area contributed by atoms with Crippen LogP contribution < -0.4 is 0 Å². The van der Waals surface area contributed by atoms with E-state index in [1.54, 1.807) is 0 Å². The number of nitrogens with zero attached hydrogens (tertiary/aromatic N) is 2. The van der Waals surface area contributed by atoms with Gasteiger partial charge in [-0.1, -0.05) is 6.42 Å². The molecule has 1 saturated heterocycles. The average Bonchev–Trinajstić information content (AvgIpc) is 2.85. The van der Waals surface area contributed by atoms with Gasteiger partial charge in [0.05, 0.1) is 0 Å². The Bertz CT molecular complexity index is 598. The molecule has 0 atom stereocenters. The third kappa shape index (κ3) is 2.73. The lowest BCUT2D eigenvalue weighted by atomic mass is 10.2. The van der Waals surface area contributed by atoms with Crippen LogP contribution in [0.25, 0.3) is 0 Å². The van der Waals surface area contributed by atoms with Gasteiger partial charge in [-0.25, -0.2) is 13.2 Å². The SMILES string of the molecule is CC(C)n1cc(S(=O)(=O)N2CCCCC2)cc1C(=O)O. The Hall–Kier alpha value is -1.34. The van der Waals surface area contributed by atoms with Crippen LogP contribution in [0.1, 0.15) is 49.6 Å². The fourth-order valence-corrected chi connectivity index (χ4v) is 3.99. The third-order valence-corrected chi connectivity index (χ3v) is 5.42. The van der Waals surface area contributed by atoms with Crippen LogP contribution >= 0.6 is 0 Å². The summed E-state index contributed by atoms with van der Waals surface area (Å²) in [5, 5.41) is 9.17. The highest BCUT2D eigenvalue weighted by atomic mass is 32.2. The van der Waals surface area contributed by atoms with Gasteiger partial charge in [0.2, 0.25) is 10.0 Å². The lowest BCUT2D eigenvalue weighted by Crippen LogP contribution is -2.35. The molecule has 1 aromatic rings. The zero-order chi connectivity index (χ0) is 14.9. The van der Waals surface area contributed by atoms with Crippen LogP contribution in [0.3, 0.4) is 0 Å². The van der Waals surface area contributed by atoms with Crippen molar-refractivity contribution >= 4 is 16.0 Å². The van der Waals surface area contributed by atoms with Crippen molar-refractivity contribution in [2.75, 3.05) is 13.1 Å². The highest BCUT2D eigenvalue weighted by molar-refractivity contribution is 7.89. The van der Waals surface area contributed by atoms with Crippen molar-refractivity contribution < 1.29 is 18.3 Å². The Morgan fingerprint density at radius 3 is 2.30 bits per heavy atom.